The summed E-state index contributed by atoms with van der Waals surface area (Å²) in [5.41, 5.74) is 4.56. The summed E-state index contributed by atoms with van der Waals surface area (Å²) in [6, 6.07) is 3.98. The molecule has 1 aliphatic carbocycles. The van der Waals surface area contributed by atoms with Gasteiger partial charge >= 0.3 is 5.97 Å². The Balaban J connectivity index is 1.87. The summed E-state index contributed by atoms with van der Waals surface area (Å²) in [6.45, 7) is 1.32. The van der Waals surface area contributed by atoms with E-state index in [-0.39, 0.29) is 12.1 Å². The van der Waals surface area contributed by atoms with Crippen molar-refractivity contribution in [3.05, 3.63) is 34.4 Å². The highest BCUT2D eigenvalue weighted by molar-refractivity contribution is 5.94. The molecule has 17 heavy (non-hydrogen) atoms. The molecule has 0 amide bonds. The lowest BCUT2D eigenvalue weighted by molar-refractivity contribution is -0.0532. The van der Waals surface area contributed by atoms with E-state index in [0.717, 1.165) is 24.2 Å². The zero-order valence-electron chi connectivity index (χ0n) is 9.57. The van der Waals surface area contributed by atoms with Crippen molar-refractivity contribution in [2.45, 2.75) is 37.9 Å². The summed E-state index contributed by atoms with van der Waals surface area (Å²) in [7, 11) is 0. The molecule has 1 aromatic rings. The van der Waals surface area contributed by atoms with Crippen LogP contribution in [-0.4, -0.2) is 12.6 Å². The van der Waals surface area contributed by atoms with Crippen molar-refractivity contribution in [2.75, 3.05) is 6.61 Å². The Labute approximate surface area is 99.7 Å². The Kier molecular flexibility index (Phi) is 1.89. The lowest BCUT2D eigenvalue weighted by atomic mass is 9.89. The number of hydrogen-bond acceptors (Lipinski definition) is 3. The Hall–Kier alpha value is -1.35. The molecule has 1 unspecified atom stereocenters. The van der Waals surface area contributed by atoms with Crippen LogP contribution in [0.1, 0.15) is 58.3 Å². The molecule has 1 atom stereocenters. The molecule has 3 heteroatoms. The van der Waals surface area contributed by atoms with E-state index in [1.807, 2.05) is 6.07 Å². The fourth-order valence-electron chi connectivity index (χ4n) is 2.86. The van der Waals surface area contributed by atoms with Gasteiger partial charge in [-0.25, -0.2) is 4.79 Å². The van der Waals surface area contributed by atoms with E-state index < -0.39 is 0 Å². The molecule has 1 saturated carbocycles. The predicted octanol–water partition coefficient (Wildman–Crippen LogP) is 2.70. The quantitative estimate of drug-likeness (QED) is 0.733. The van der Waals surface area contributed by atoms with Crippen LogP contribution in [0.15, 0.2) is 12.1 Å². The molecule has 1 saturated heterocycles. The zero-order chi connectivity index (χ0) is 11.4. The lowest BCUT2D eigenvalue weighted by Gasteiger charge is -2.29. The Bertz CT molecular complexity index is 498. The number of esters is 1. The lowest BCUT2D eigenvalue weighted by Crippen LogP contribution is -2.20. The van der Waals surface area contributed by atoms with Gasteiger partial charge in [0.25, 0.3) is 0 Å². The average Bonchev–Trinajstić information content (AvgIpc) is 3.01. The van der Waals surface area contributed by atoms with Crippen molar-refractivity contribution in [1.82, 2.24) is 0 Å². The van der Waals surface area contributed by atoms with E-state index in [1.165, 1.54) is 24.0 Å². The average molecular weight is 230 g/mol. The molecule has 0 radical (unpaired) electrons. The van der Waals surface area contributed by atoms with E-state index in [4.69, 9.17) is 9.47 Å². The van der Waals surface area contributed by atoms with E-state index in [0.29, 0.717) is 12.5 Å². The number of ether oxygens (including phenoxy) is 2. The number of rotatable bonds is 2. The number of benzene rings is 1. The van der Waals surface area contributed by atoms with Crippen LogP contribution >= 0.6 is 0 Å². The molecule has 0 N–H and O–H groups in total. The van der Waals surface area contributed by atoms with Gasteiger partial charge in [-0.1, -0.05) is 6.07 Å². The Morgan fingerprint density at radius 2 is 2.00 bits per heavy atom. The predicted molar refractivity (Wildman–Crippen MR) is 60.8 cm³/mol. The van der Waals surface area contributed by atoms with Gasteiger partial charge in [-0.05, 0) is 36.0 Å². The maximum absolute atomic E-state index is 11.6. The summed E-state index contributed by atoms with van der Waals surface area (Å²) < 4.78 is 10.7. The van der Waals surface area contributed by atoms with Crippen LogP contribution in [0.3, 0.4) is 0 Å². The summed E-state index contributed by atoms with van der Waals surface area (Å²) >= 11 is 0. The van der Waals surface area contributed by atoms with Crippen LogP contribution in [0.5, 0.6) is 0 Å². The van der Waals surface area contributed by atoms with Gasteiger partial charge in [-0.2, -0.15) is 0 Å². The maximum atomic E-state index is 11.6. The van der Waals surface area contributed by atoms with Crippen LogP contribution in [0.4, 0.5) is 0 Å². The van der Waals surface area contributed by atoms with Gasteiger partial charge in [0.05, 0.1) is 18.3 Å². The largest absolute Gasteiger partial charge is 0.457 e. The van der Waals surface area contributed by atoms with Gasteiger partial charge in [0.1, 0.15) is 6.61 Å². The van der Waals surface area contributed by atoms with Gasteiger partial charge < -0.3 is 9.47 Å². The minimum atomic E-state index is -0.164. The fourth-order valence-corrected chi connectivity index (χ4v) is 2.86. The second kappa shape index (κ2) is 3.33. The first-order valence-corrected chi connectivity index (χ1v) is 6.29. The number of hydrogen-bond donors (Lipinski definition) is 0. The molecular weight excluding hydrogens is 216 g/mol. The number of fused-ring (bicyclic) bond motifs is 1. The third-order valence-corrected chi connectivity index (χ3v) is 3.99. The Morgan fingerprint density at radius 3 is 2.65 bits per heavy atom. The first kappa shape index (κ1) is 9.66. The number of carbonyl (C=O) groups excluding carboxylic acids is 1. The summed E-state index contributed by atoms with van der Waals surface area (Å²) in [5.74, 6) is 0.474. The molecule has 0 bridgehead atoms. The molecule has 3 aliphatic rings. The topological polar surface area (TPSA) is 35.5 Å². The normalized spacial score (nSPS) is 26.4. The number of carbonyl (C=O) groups is 1. The summed E-state index contributed by atoms with van der Waals surface area (Å²) in [6.07, 6.45) is 3.84. The van der Waals surface area contributed by atoms with Crippen LogP contribution < -0.4 is 0 Å². The Morgan fingerprint density at radius 1 is 1.18 bits per heavy atom. The molecule has 2 fully saturated rings. The second-order valence-electron chi connectivity index (χ2n) is 5.09. The van der Waals surface area contributed by atoms with Crippen LogP contribution in [-0.2, 0) is 16.1 Å². The van der Waals surface area contributed by atoms with Gasteiger partial charge in [0.15, 0.2) is 0 Å². The third-order valence-electron chi connectivity index (χ3n) is 3.99. The highest BCUT2D eigenvalue weighted by Gasteiger charge is 2.37. The van der Waals surface area contributed by atoms with Crippen molar-refractivity contribution >= 4 is 5.97 Å². The molecule has 3 nitrogen and oxygen atoms in total. The van der Waals surface area contributed by atoms with Gasteiger partial charge in [0.2, 0.25) is 0 Å². The van der Waals surface area contributed by atoms with Crippen LogP contribution in [0.2, 0.25) is 0 Å². The summed E-state index contributed by atoms with van der Waals surface area (Å²) in [4.78, 5) is 11.6. The highest BCUT2D eigenvalue weighted by Crippen LogP contribution is 2.48. The minimum Gasteiger partial charge on any atom is -0.457 e. The van der Waals surface area contributed by atoms with Crippen molar-refractivity contribution in [3.8, 4) is 0 Å². The molecule has 4 rings (SSSR count). The number of cyclic esters (lactones) is 1. The zero-order valence-corrected chi connectivity index (χ0v) is 9.57. The van der Waals surface area contributed by atoms with E-state index in [9.17, 15) is 4.79 Å². The fraction of sp³-hybridized carbons (Fsp3) is 0.500. The van der Waals surface area contributed by atoms with Crippen molar-refractivity contribution in [2.24, 2.45) is 0 Å². The van der Waals surface area contributed by atoms with Gasteiger partial charge in [0, 0.05) is 12.0 Å². The molecule has 2 aliphatic heterocycles. The molecule has 0 spiro atoms. The SMILES string of the molecule is O=C1OCc2c1ccc(C1CCO1)c2C1CC1. The van der Waals surface area contributed by atoms with Gasteiger partial charge in [-0.15, -0.1) is 0 Å². The van der Waals surface area contributed by atoms with E-state index >= 15 is 0 Å². The minimum absolute atomic E-state index is 0.164. The first-order chi connectivity index (χ1) is 8.34. The van der Waals surface area contributed by atoms with Crippen LogP contribution in [0, 0.1) is 0 Å². The second-order valence-corrected chi connectivity index (χ2v) is 5.09. The van der Waals surface area contributed by atoms with Crippen LogP contribution in [0.25, 0.3) is 0 Å². The third kappa shape index (κ3) is 1.35. The van der Waals surface area contributed by atoms with Crippen molar-refractivity contribution in [3.63, 3.8) is 0 Å². The molecular formula is C14H14O3. The summed E-state index contributed by atoms with van der Waals surface area (Å²) in [5, 5.41) is 0. The molecule has 2 heterocycles. The maximum Gasteiger partial charge on any atom is 0.338 e. The highest BCUT2D eigenvalue weighted by atomic mass is 16.5. The standard InChI is InChI=1S/C14H14O3/c15-14-9-3-4-10(12-5-6-16-12)13(8-1-2-8)11(9)7-17-14/h3-4,8,12H,1-2,5-7H2. The molecule has 88 valence electrons. The van der Waals surface area contributed by atoms with E-state index in [2.05, 4.69) is 6.07 Å². The molecule has 1 aromatic carbocycles. The monoisotopic (exact) mass is 230 g/mol. The first-order valence-electron chi connectivity index (χ1n) is 6.29. The van der Waals surface area contributed by atoms with Crippen molar-refractivity contribution in [1.29, 1.82) is 0 Å². The van der Waals surface area contributed by atoms with Gasteiger partial charge in [-0.3, -0.25) is 0 Å². The van der Waals surface area contributed by atoms with Crippen molar-refractivity contribution < 1.29 is 14.3 Å². The molecule has 0 aromatic heterocycles. The smallest absolute Gasteiger partial charge is 0.338 e. The van der Waals surface area contributed by atoms with E-state index in [1.54, 1.807) is 0 Å².